The SMILES string of the molecule is CC(=O)OC12C(COC(O)(C(F)(F)F)C1(F)F)C1CC2C2CCCCC12. The fraction of sp³-hybridized carbons (Fsp3) is 0.941. The minimum atomic E-state index is -5.72. The quantitative estimate of drug-likeness (QED) is 0.557. The number of fused-ring (bicyclic) bond motifs is 8. The van der Waals surface area contributed by atoms with E-state index < -0.39 is 47.9 Å². The van der Waals surface area contributed by atoms with Crippen LogP contribution in [0.1, 0.15) is 39.0 Å². The molecule has 4 nitrogen and oxygen atoms in total. The zero-order chi connectivity index (χ0) is 19.1. The van der Waals surface area contributed by atoms with E-state index in [1.807, 2.05) is 0 Å². The average molecular weight is 384 g/mol. The second-order valence-electron chi connectivity index (χ2n) is 8.14. The van der Waals surface area contributed by atoms with Gasteiger partial charge in [-0.05, 0) is 37.0 Å². The minimum absolute atomic E-state index is 0.138. The Kier molecular flexibility index (Phi) is 3.76. The summed E-state index contributed by atoms with van der Waals surface area (Å²) in [5.41, 5.74) is -2.68. The first-order valence-corrected chi connectivity index (χ1v) is 8.98. The van der Waals surface area contributed by atoms with E-state index >= 15 is 8.78 Å². The van der Waals surface area contributed by atoms with Gasteiger partial charge in [-0.25, -0.2) is 0 Å². The van der Waals surface area contributed by atoms with E-state index in [0.29, 0.717) is 6.42 Å². The zero-order valence-corrected chi connectivity index (χ0v) is 14.2. The van der Waals surface area contributed by atoms with Gasteiger partial charge in [-0.2, -0.15) is 22.0 Å². The largest absolute Gasteiger partial charge is 0.452 e. The Labute approximate surface area is 147 Å². The molecule has 1 N–H and O–H groups in total. The van der Waals surface area contributed by atoms with Crippen molar-refractivity contribution >= 4 is 5.97 Å². The highest BCUT2D eigenvalue weighted by Gasteiger charge is 2.88. The lowest BCUT2D eigenvalue weighted by Gasteiger charge is -2.58. The fourth-order valence-corrected chi connectivity index (χ4v) is 6.40. The molecule has 4 aliphatic rings. The molecule has 0 aromatic heterocycles. The molecule has 7 unspecified atom stereocenters. The van der Waals surface area contributed by atoms with Crippen LogP contribution in [-0.4, -0.2) is 41.2 Å². The number of hydrogen-bond donors (Lipinski definition) is 1. The van der Waals surface area contributed by atoms with Gasteiger partial charge in [0.2, 0.25) is 0 Å². The van der Waals surface area contributed by atoms with E-state index in [9.17, 15) is 23.1 Å². The molecule has 0 spiro atoms. The van der Waals surface area contributed by atoms with E-state index in [-0.39, 0.29) is 24.2 Å². The monoisotopic (exact) mass is 384 g/mol. The van der Waals surface area contributed by atoms with Crippen molar-refractivity contribution in [1.82, 2.24) is 0 Å². The summed E-state index contributed by atoms with van der Waals surface area (Å²) < 4.78 is 80.3. The Morgan fingerprint density at radius 1 is 1.12 bits per heavy atom. The second-order valence-corrected chi connectivity index (χ2v) is 8.14. The van der Waals surface area contributed by atoms with Crippen LogP contribution in [0.25, 0.3) is 0 Å². The Morgan fingerprint density at radius 2 is 1.73 bits per heavy atom. The van der Waals surface area contributed by atoms with Crippen LogP contribution in [0, 0.1) is 29.6 Å². The van der Waals surface area contributed by atoms with Gasteiger partial charge in [-0.3, -0.25) is 4.79 Å². The van der Waals surface area contributed by atoms with Crippen LogP contribution < -0.4 is 0 Å². The Hall–Kier alpha value is -0.960. The van der Waals surface area contributed by atoms with Gasteiger partial charge in [0.25, 0.3) is 0 Å². The van der Waals surface area contributed by atoms with Crippen LogP contribution in [0.15, 0.2) is 0 Å². The van der Waals surface area contributed by atoms with Crippen LogP contribution in [-0.2, 0) is 14.3 Å². The summed E-state index contributed by atoms with van der Waals surface area (Å²) in [6.07, 6.45) is -2.20. The minimum Gasteiger partial charge on any atom is -0.452 e. The fourth-order valence-electron chi connectivity index (χ4n) is 6.40. The van der Waals surface area contributed by atoms with E-state index in [1.54, 1.807) is 0 Å². The summed E-state index contributed by atoms with van der Waals surface area (Å²) in [5.74, 6) is -12.8. The van der Waals surface area contributed by atoms with Gasteiger partial charge in [-0.15, -0.1) is 0 Å². The van der Waals surface area contributed by atoms with Crippen LogP contribution in [0.4, 0.5) is 22.0 Å². The Bertz CT molecular complexity index is 623. The molecule has 148 valence electrons. The molecule has 1 aliphatic heterocycles. The molecule has 4 fully saturated rings. The lowest BCUT2D eigenvalue weighted by molar-refractivity contribution is -0.486. The zero-order valence-electron chi connectivity index (χ0n) is 14.2. The van der Waals surface area contributed by atoms with Crippen molar-refractivity contribution in [3.8, 4) is 0 Å². The van der Waals surface area contributed by atoms with Gasteiger partial charge in [0.05, 0.1) is 6.61 Å². The summed E-state index contributed by atoms with van der Waals surface area (Å²) in [5, 5.41) is 9.90. The number of aliphatic hydroxyl groups is 1. The maximum absolute atomic E-state index is 15.4. The van der Waals surface area contributed by atoms with Crippen LogP contribution in [0.5, 0.6) is 0 Å². The molecule has 9 heteroatoms. The van der Waals surface area contributed by atoms with Crippen LogP contribution in [0.3, 0.4) is 0 Å². The van der Waals surface area contributed by atoms with Crippen molar-refractivity contribution < 1.29 is 41.3 Å². The molecule has 2 bridgehead atoms. The topological polar surface area (TPSA) is 55.8 Å². The molecule has 26 heavy (non-hydrogen) atoms. The number of alkyl halides is 5. The number of ether oxygens (including phenoxy) is 2. The van der Waals surface area contributed by atoms with Crippen molar-refractivity contribution in [2.24, 2.45) is 29.6 Å². The number of rotatable bonds is 1. The van der Waals surface area contributed by atoms with Crippen molar-refractivity contribution in [2.45, 2.75) is 62.5 Å². The van der Waals surface area contributed by atoms with Crippen molar-refractivity contribution in [3.63, 3.8) is 0 Å². The Morgan fingerprint density at radius 3 is 2.31 bits per heavy atom. The molecule has 0 aromatic rings. The van der Waals surface area contributed by atoms with Gasteiger partial charge in [0.1, 0.15) is 0 Å². The van der Waals surface area contributed by atoms with Crippen molar-refractivity contribution in [1.29, 1.82) is 0 Å². The number of halogens is 5. The third-order valence-corrected chi connectivity index (χ3v) is 7.17. The first-order chi connectivity index (χ1) is 12.0. The van der Waals surface area contributed by atoms with E-state index in [2.05, 4.69) is 4.74 Å². The molecule has 0 radical (unpaired) electrons. The van der Waals surface area contributed by atoms with Gasteiger partial charge in [0.15, 0.2) is 5.60 Å². The van der Waals surface area contributed by atoms with Crippen LogP contribution >= 0.6 is 0 Å². The molecule has 4 rings (SSSR count). The predicted octanol–water partition coefficient (Wildman–Crippen LogP) is 3.28. The normalized spacial score (nSPS) is 49.4. The highest BCUT2D eigenvalue weighted by Crippen LogP contribution is 2.72. The van der Waals surface area contributed by atoms with Gasteiger partial charge in [-0.1, -0.05) is 12.8 Å². The number of carbonyl (C=O) groups excluding carboxylic acids is 1. The number of hydrogen-bond acceptors (Lipinski definition) is 4. The molecule has 3 aliphatic carbocycles. The summed E-state index contributed by atoms with van der Waals surface area (Å²) in [6.45, 7) is 0.206. The van der Waals surface area contributed by atoms with Gasteiger partial charge in [0, 0.05) is 18.8 Å². The van der Waals surface area contributed by atoms with E-state index in [1.165, 1.54) is 0 Å². The molecule has 7 atom stereocenters. The summed E-state index contributed by atoms with van der Waals surface area (Å²) in [4.78, 5) is 11.7. The molecule has 0 aromatic carbocycles. The van der Waals surface area contributed by atoms with E-state index in [4.69, 9.17) is 4.74 Å². The molecule has 0 amide bonds. The first-order valence-electron chi connectivity index (χ1n) is 8.98. The number of carbonyl (C=O) groups is 1. The maximum atomic E-state index is 15.4. The van der Waals surface area contributed by atoms with Gasteiger partial charge < -0.3 is 14.6 Å². The van der Waals surface area contributed by atoms with Crippen molar-refractivity contribution in [3.05, 3.63) is 0 Å². The summed E-state index contributed by atoms with van der Waals surface area (Å²) in [7, 11) is 0. The molecular weight excluding hydrogens is 363 g/mol. The van der Waals surface area contributed by atoms with E-state index in [0.717, 1.165) is 26.2 Å². The maximum Gasteiger partial charge on any atom is 0.449 e. The van der Waals surface area contributed by atoms with Gasteiger partial charge >= 0.3 is 23.9 Å². The molecule has 3 saturated carbocycles. The molecular formula is C17H21F5O4. The number of esters is 1. The lowest BCUT2D eigenvalue weighted by atomic mass is 9.58. The smallest absolute Gasteiger partial charge is 0.449 e. The third-order valence-electron chi connectivity index (χ3n) is 7.17. The first kappa shape index (κ1) is 18.4. The third kappa shape index (κ3) is 1.94. The highest BCUT2D eigenvalue weighted by atomic mass is 19.4. The Balaban J connectivity index is 1.86. The van der Waals surface area contributed by atoms with Crippen molar-refractivity contribution in [2.75, 3.05) is 6.61 Å². The standard InChI is InChI=1S/C17H21F5O4/c1-8(23)26-14-12-6-11(9-4-2-3-5-10(9)12)13(14)7-25-16(24,15(14,18)19)17(20,21)22/h9-13,24H,2-7H2,1H3. The van der Waals surface area contributed by atoms with Crippen LogP contribution in [0.2, 0.25) is 0 Å². The summed E-state index contributed by atoms with van der Waals surface area (Å²) in [6, 6.07) is 0. The summed E-state index contributed by atoms with van der Waals surface area (Å²) >= 11 is 0. The molecule has 1 saturated heterocycles. The predicted molar refractivity (Wildman–Crippen MR) is 76.9 cm³/mol. The lowest BCUT2D eigenvalue weighted by Crippen LogP contribution is -2.78. The molecule has 1 heterocycles. The average Bonchev–Trinajstić information content (AvgIpc) is 3.05. The second kappa shape index (κ2) is 5.31. The highest BCUT2D eigenvalue weighted by molar-refractivity contribution is 5.67.